The average Bonchev–Trinajstić information content (AvgIpc) is 3.36. The summed E-state index contributed by atoms with van der Waals surface area (Å²) >= 11 is 1.12. The maximum absolute atomic E-state index is 13.1. The van der Waals surface area contributed by atoms with E-state index in [-0.39, 0.29) is 28.5 Å². The number of methoxy groups -OCH3 is 1. The van der Waals surface area contributed by atoms with Crippen molar-refractivity contribution >= 4 is 34.2 Å². The van der Waals surface area contributed by atoms with Gasteiger partial charge in [0.25, 0.3) is 5.91 Å². The standard InChI is InChI=1S/C24H24F3N5O4S/c1-3-36-22(34)14-6-8-32(9-7-14)20-12-28-17(11-29-20)21(33)31-23-30-18(13-37-23)15-4-5-16(24(25,26)27)19(10-15)35-2/h4-5,10-14H,3,6-9H2,1-2H3,(H,30,31,33). The molecule has 2 aromatic heterocycles. The number of alkyl halides is 3. The zero-order valence-electron chi connectivity index (χ0n) is 20.0. The fourth-order valence-electron chi connectivity index (χ4n) is 3.92. The number of nitrogens with zero attached hydrogens (tertiary/aromatic N) is 4. The second-order valence-corrected chi connectivity index (χ2v) is 9.04. The molecular formula is C24H24F3N5O4S. The average molecular weight is 536 g/mol. The molecule has 0 bridgehead atoms. The van der Waals surface area contributed by atoms with Crippen LogP contribution in [0, 0.1) is 5.92 Å². The van der Waals surface area contributed by atoms with Crippen LogP contribution in [0.15, 0.2) is 36.0 Å². The fourth-order valence-corrected chi connectivity index (χ4v) is 4.63. The first-order chi connectivity index (χ1) is 17.7. The first-order valence-electron chi connectivity index (χ1n) is 11.5. The highest BCUT2D eigenvalue weighted by molar-refractivity contribution is 7.14. The van der Waals surface area contributed by atoms with Gasteiger partial charge in [-0.05, 0) is 31.9 Å². The van der Waals surface area contributed by atoms with Crippen molar-refractivity contribution in [1.29, 1.82) is 0 Å². The number of aromatic nitrogens is 3. The smallest absolute Gasteiger partial charge is 0.419 e. The van der Waals surface area contributed by atoms with Gasteiger partial charge in [0, 0.05) is 24.0 Å². The Morgan fingerprint density at radius 1 is 1.19 bits per heavy atom. The third kappa shape index (κ3) is 6.16. The summed E-state index contributed by atoms with van der Waals surface area (Å²) < 4.78 is 49.3. The number of halogens is 3. The number of thiazole rings is 1. The minimum Gasteiger partial charge on any atom is -0.496 e. The largest absolute Gasteiger partial charge is 0.496 e. The van der Waals surface area contributed by atoms with Crippen molar-refractivity contribution in [2.45, 2.75) is 25.9 Å². The third-order valence-electron chi connectivity index (χ3n) is 5.84. The van der Waals surface area contributed by atoms with Crippen LogP contribution in [-0.4, -0.2) is 53.6 Å². The van der Waals surface area contributed by atoms with Gasteiger partial charge in [0.2, 0.25) is 0 Å². The van der Waals surface area contributed by atoms with E-state index in [1.807, 2.05) is 4.90 Å². The lowest BCUT2D eigenvalue weighted by molar-refractivity contribution is -0.148. The molecule has 3 heterocycles. The molecule has 13 heteroatoms. The Morgan fingerprint density at radius 3 is 2.57 bits per heavy atom. The predicted molar refractivity (Wildman–Crippen MR) is 131 cm³/mol. The molecule has 1 saturated heterocycles. The molecule has 0 saturated carbocycles. The molecule has 0 spiro atoms. The molecule has 1 fully saturated rings. The van der Waals surface area contributed by atoms with Crippen LogP contribution in [-0.2, 0) is 15.7 Å². The lowest BCUT2D eigenvalue weighted by Gasteiger charge is -2.31. The molecule has 37 heavy (non-hydrogen) atoms. The molecule has 196 valence electrons. The normalized spacial score (nSPS) is 14.4. The van der Waals surface area contributed by atoms with Gasteiger partial charge < -0.3 is 14.4 Å². The van der Waals surface area contributed by atoms with E-state index in [1.165, 1.54) is 31.6 Å². The predicted octanol–water partition coefficient (Wildman–Crippen LogP) is 4.66. The van der Waals surface area contributed by atoms with Crippen LogP contribution in [0.5, 0.6) is 5.75 Å². The van der Waals surface area contributed by atoms with E-state index in [0.717, 1.165) is 17.4 Å². The first-order valence-corrected chi connectivity index (χ1v) is 12.3. The highest BCUT2D eigenvalue weighted by Crippen LogP contribution is 2.38. The van der Waals surface area contributed by atoms with Gasteiger partial charge >= 0.3 is 12.1 Å². The molecule has 3 aromatic rings. The number of amides is 1. The molecule has 1 aliphatic rings. The molecule has 4 rings (SSSR count). The summed E-state index contributed by atoms with van der Waals surface area (Å²) in [6, 6.07) is 3.48. The monoisotopic (exact) mass is 535 g/mol. The summed E-state index contributed by atoms with van der Waals surface area (Å²) in [6.45, 7) is 3.39. The summed E-state index contributed by atoms with van der Waals surface area (Å²) in [5, 5.41) is 4.50. The molecule has 9 nitrogen and oxygen atoms in total. The number of rotatable bonds is 7. The molecule has 0 radical (unpaired) electrons. The van der Waals surface area contributed by atoms with Crippen LogP contribution in [0.3, 0.4) is 0 Å². The number of carbonyl (C=O) groups excluding carboxylic acids is 2. The molecule has 0 unspecified atom stereocenters. The molecule has 1 N–H and O–H groups in total. The van der Waals surface area contributed by atoms with Gasteiger partial charge in [-0.25, -0.2) is 15.0 Å². The van der Waals surface area contributed by atoms with Crippen molar-refractivity contribution < 1.29 is 32.2 Å². The highest BCUT2D eigenvalue weighted by Gasteiger charge is 2.34. The van der Waals surface area contributed by atoms with Crippen LogP contribution in [0.2, 0.25) is 0 Å². The van der Waals surface area contributed by atoms with Crippen LogP contribution in [0.4, 0.5) is 24.1 Å². The molecule has 1 aliphatic heterocycles. The zero-order valence-corrected chi connectivity index (χ0v) is 20.9. The van der Waals surface area contributed by atoms with Gasteiger partial charge in [-0.15, -0.1) is 11.3 Å². The highest BCUT2D eigenvalue weighted by atomic mass is 32.1. The summed E-state index contributed by atoms with van der Waals surface area (Å²) in [4.78, 5) is 39.4. The van der Waals surface area contributed by atoms with E-state index >= 15 is 0 Å². The summed E-state index contributed by atoms with van der Waals surface area (Å²) in [6.07, 6.45) is -0.376. The van der Waals surface area contributed by atoms with Gasteiger partial charge in [0.15, 0.2) is 5.13 Å². The van der Waals surface area contributed by atoms with Crippen molar-refractivity contribution in [2.75, 3.05) is 37.0 Å². The van der Waals surface area contributed by atoms with Crippen LogP contribution >= 0.6 is 11.3 Å². The quantitative estimate of drug-likeness (QED) is 0.436. The summed E-state index contributed by atoms with van der Waals surface area (Å²) in [5.74, 6) is -0.536. The van der Waals surface area contributed by atoms with Gasteiger partial charge in [-0.2, -0.15) is 13.2 Å². The van der Waals surface area contributed by atoms with Crippen molar-refractivity contribution in [3.63, 3.8) is 0 Å². The van der Waals surface area contributed by atoms with E-state index in [9.17, 15) is 22.8 Å². The van der Waals surface area contributed by atoms with Gasteiger partial charge in [-0.1, -0.05) is 6.07 Å². The number of esters is 1. The number of hydrogen-bond acceptors (Lipinski definition) is 9. The second kappa shape index (κ2) is 11.1. The molecule has 0 aliphatic carbocycles. The Morgan fingerprint density at radius 2 is 1.95 bits per heavy atom. The van der Waals surface area contributed by atoms with Gasteiger partial charge in [0.1, 0.15) is 17.3 Å². The molecular weight excluding hydrogens is 511 g/mol. The van der Waals surface area contributed by atoms with Crippen molar-refractivity contribution in [3.8, 4) is 17.0 Å². The maximum Gasteiger partial charge on any atom is 0.419 e. The van der Waals surface area contributed by atoms with Crippen molar-refractivity contribution in [3.05, 3.63) is 47.2 Å². The Balaban J connectivity index is 1.37. The Hall–Kier alpha value is -3.74. The van der Waals surface area contributed by atoms with Crippen LogP contribution in [0.1, 0.15) is 35.8 Å². The van der Waals surface area contributed by atoms with E-state index < -0.39 is 17.6 Å². The number of hydrogen-bond donors (Lipinski definition) is 1. The number of carbonyl (C=O) groups is 2. The summed E-state index contributed by atoms with van der Waals surface area (Å²) in [7, 11) is 1.17. The second-order valence-electron chi connectivity index (χ2n) is 8.18. The van der Waals surface area contributed by atoms with E-state index in [1.54, 1.807) is 12.3 Å². The fraction of sp³-hybridized carbons (Fsp3) is 0.375. The molecule has 1 amide bonds. The molecule has 1 aromatic carbocycles. The third-order valence-corrected chi connectivity index (χ3v) is 6.59. The number of anilines is 2. The van der Waals surface area contributed by atoms with E-state index in [4.69, 9.17) is 9.47 Å². The topological polar surface area (TPSA) is 107 Å². The minimum atomic E-state index is -4.54. The van der Waals surface area contributed by atoms with Crippen LogP contribution in [0.25, 0.3) is 11.3 Å². The Bertz CT molecular complexity index is 1260. The number of benzene rings is 1. The number of nitrogens with one attached hydrogen (secondary N) is 1. The van der Waals surface area contributed by atoms with Crippen molar-refractivity contribution in [1.82, 2.24) is 15.0 Å². The maximum atomic E-state index is 13.1. The molecule has 0 atom stereocenters. The first kappa shape index (κ1) is 26.3. The Kier molecular flexibility index (Phi) is 7.91. The zero-order chi connectivity index (χ0) is 26.6. The number of piperidine rings is 1. The van der Waals surface area contributed by atoms with Crippen LogP contribution < -0.4 is 15.0 Å². The number of ether oxygens (including phenoxy) is 2. The van der Waals surface area contributed by atoms with Gasteiger partial charge in [-0.3, -0.25) is 14.9 Å². The SMILES string of the molecule is CCOC(=O)C1CCN(c2cnc(C(=O)Nc3nc(-c4ccc(C(F)(F)F)c(OC)c4)cs3)cn2)CC1. The summed E-state index contributed by atoms with van der Waals surface area (Å²) in [5.41, 5.74) is 0.00320. The Labute approximate surface area is 214 Å². The lowest BCUT2D eigenvalue weighted by atomic mass is 9.97. The van der Waals surface area contributed by atoms with Gasteiger partial charge in [0.05, 0.1) is 43.3 Å². The van der Waals surface area contributed by atoms with E-state index in [0.29, 0.717) is 49.6 Å². The lowest BCUT2D eigenvalue weighted by Crippen LogP contribution is -2.37. The van der Waals surface area contributed by atoms with E-state index in [2.05, 4.69) is 20.3 Å². The van der Waals surface area contributed by atoms with Crippen molar-refractivity contribution in [2.24, 2.45) is 5.92 Å². The minimum absolute atomic E-state index is 0.0816.